The van der Waals surface area contributed by atoms with Gasteiger partial charge in [0.15, 0.2) is 0 Å². The molecule has 0 N–H and O–H groups in total. The van der Waals surface area contributed by atoms with Gasteiger partial charge in [0.05, 0.1) is 11.9 Å². The third-order valence-electron chi connectivity index (χ3n) is 7.48. The Bertz CT molecular complexity index is 1310. The Balaban J connectivity index is 1.08. The quantitative estimate of drug-likeness (QED) is 0.419. The second-order valence-electron chi connectivity index (χ2n) is 9.77. The zero-order valence-corrected chi connectivity index (χ0v) is 21.0. The van der Waals surface area contributed by atoms with Gasteiger partial charge in [-0.3, -0.25) is 4.79 Å². The molecule has 6 rings (SSSR count). The Kier molecular flexibility index (Phi) is 6.10. The molecule has 1 aromatic carbocycles. The molecule has 2 aliphatic rings. The summed E-state index contributed by atoms with van der Waals surface area (Å²) in [4.78, 5) is 31.1. The summed E-state index contributed by atoms with van der Waals surface area (Å²) in [7, 11) is 0. The molecule has 2 fully saturated rings. The summed E-state index contributed by atoms with van der Waals surface area (Å²) in [5, 5.41) is 10.4. The molecule has 3 aromatic heterocycles. The van der Waals surface area contributed by atoms with Gasteiger partial charge in [0, 0.05) is 37.0 Å². The molecule has 0 spiro atoms. The van der Waals surface area contributed by atoms with E-state index in [1.165, 1.54) is 4.88 Å². The number of rotatable bonds is 5. The van der Waals surface area contributed by atoms with Crippen LogP contribution in [-0.2, 0) is 17.8 Å². The van der Waals surface area contributed by atoms with Crippen molar-refractivity contribution in [2.24, 2.45) is 11.8 Å². The number of piperazine rings is 1. The molecule has 2 atom stereocenters. The first-order chi connectivity index (χ1) is 17.2. The molecule has 0 bridgehead atoms. The molecular weight excluding hydrogens is 458 g/mol. The number of benzene rings is 1. The van der Waals surface area contributed by atoms with Crippen LogP contribution in [0.3, 0.4) is 0 Å². The summed E-state index contributed by atoms with van der Waals surface area (Å²) in [6.07, 6.45) is 6.84. The summed E-state index contributed by atoms with van der Waals surface area (Å²) in [5.74, 6) is 1.89. The van der Waals surface area contributed by atoms with E-state index in [1.807, 2.05) is 29.1 Å². The number of hydrogen-bond donors (Lipinski definition) is 0. The smallest absolute Gasteiger partial charge is 0.225 e. The molecule has 182 valence electrons. The molecule has 1 saturated carbocycles. The van der Waals surface area contributed by atoms with Crippen LogP contribution >= 0.6 is 11.3 Å². The van der Waals surface area contributed by atoms with Crippen molar-refractivity contribution in [3.63, 3.8) is 0 Å². The molecule has 1 aliphatic heterocycles. The largest absolute Gasteiger partial charge is 0.352 e. The van der Waals surface area contributed by atoms with Gasteiger partial charge in [0.1, 0.15) is 28.0 Å². The van der Waals surface area contributed by atoms with Gasteiger partial charge in [-0.1, -0.05) is 25.5 Å². The fraction of sp³-hybridized carbons (Fsp3) is 0.500. The highest BCUT2D eigenvalue weighted by Crippen LogP contribution is 2.33. The third kappa shape index (κ3) is 4.49. The minimum atomic E-state index is 0.111. The summed E-state index contributed by atoms with van der Waals surface area (Å²) >= 11 is 1.75. The van der Waals surface area contributed by atoms with Gasteiger partial charge in [-0.25, -0.2) is 9.97 Å². The van der Waals surface area contributed by atoms with E-state index in [1.54, 1.807) is 17.7 Å². The number of nitrogens with zero attached hydrogens (tertiary/aromatic N) is 7. The maximum atomic E-state index is 13.4. The van der Waals surface area contributed by atoms with E-state index in [4.69, 9.17) is 0 Å². The molecule has 2 unspecified atom stereocenters. The Morgan fingerprint density at radius 2 is 1.83 bits per heavy atom. The van der Waals surface area contributed by atoms with Crippen LogP contribution < -0.4 is 4.90 Å². The molecule has 1 amide bonds. The normalized spacial score (nSPS) is 21.2. The van der Waals surface area contributed by atoms with Gasteiger partial charge in [0.2, 0.25) is 5.91 Å². The number of aryl methyl sites for hydroxylation is 1. The van der Waals surface area contributed by atoms with Crippen LogP contribution in [0, 0.1) is 11.8 Å². The molecule has 4 heterocycles. The number of hydrogen-bond acceptors (Lipinski definition) is 7. The number of thiophene rings is 1. The van der Waals surface area contributed by atoms with Crippen LogP contribution in [0.15, 0.2) is 36.7 Å². The predicted molar refractivity (Wildman–Crippen MR) is 139 cm³/mol. The minimum absolute atomic E-state index is 0.111. The van der Waals surface area contributed by atoms with E-state index in [-0.39, 0.29) is 5.92 Å². The first kappa shape index (κ1) is 22.4. The van der Waals surface area contributed by atoms with Crippen molar-refractivity contribution in [2.75, 3.05) is 31.1 Å². The standard InChI is InChI=1S/C26H31N7OS/c1-2-20-15-21-24(27-17-28-25(21)35-20)31-10-12-32(13-11-31)26(34)19-7-5-6-18(14-19)16-33-29-22-8-3-4-9-23(22)30-33/h3-4,8-9,15,17-19H,2,5-7,10-14,16H2,1H3. The molecule has 9 heteroatoms. The average Bonchev–Trinajstić information content (AvgIpc) is 3.51. The predicted octanol–water partition coefficient (Wildman–Crippen LogP) is 4.15. The number of anilines is 1. The van der Waals surface area contributed by atoms with Crippen LogP contribution in [-0.4, -0.2) is 61.9 Å². The van der Waals surface area contributed by atoms with E-state index in [0.29, 0.717) is 11.8 Å². The molecule has 4 aromatic rings. The number of aromatic nitrogens is 5. The van der Waals surface area contributed by atoms with Gasteiger partial charge in [-0.15, -0.1) is 11.3 Å². The fourth-order valence-corrected chi connectivity index (χ4v) is 6.54. The van der Waals surface area contributed by atoms with Crippen LogP contribution in [0.25, 0.3) is 21.3 Å². The monoisotopic (exact) mass is 489 g/mol. The topological polar surface area (TPSA) is 80.0 Å². The number of carbonyl (C=O) groups is 1. The summed E-state index contributed by atoms with van der Waals surface area (Å²) < 4.78 is 0. The summed E-state index contributed by atoms with van der Waals surface area (Å²) in [6.45, 7) is 6.09. The number of carbonyl (C=O) groups excluding carboxylic acids is 1. The van der Waals surface area contributed by atoms with Crippen molar-refractivity contribution in [3.8, 4) is 0 Å². The maximum Gasteiger partial charge on any atom is 0.225 e. The van der Waals surface area contributed by atoms with Crippen molar-refractivity contribution in [1.29, 1.82) is 0 Å². The highest BCUT2D eigenvalue weighted by atomic mass is 32.1. The summed E-state index contributed by atoms with van der Waals surface area (Å²) in [6, 6.07) is 10.2. The average molecular weight is 490 g/mol. The van der Waals surface area contributed by atoms with E-state index >= 15 is 0 Å². The minimum Gasteiger partial charge on any atom is -0.352 e. The Hall–Kier alpha value is -3.07. The lowest BCUT2D eigenvalue weighted by Crippen LogP contribution is -2.51. The number of fused-ring (bicyclic) bond motifs is 2. The lowest BCUT2D eigenvalue weighted by Gasteiger charge is -2.38. The molecule has 35 heavy (non-hydrogen) atoms. The second-order valence-corrected chi connectivity index (χ2v) is 10.9. The lowest BCUT2D eigenvalue weighted by molar-refractivity contribution is -0.137. The zero-order valence-electron chi connectivity index (χ0n) is 20.1. The Morgan fingerprint density at radius 1 is 1.06 bits per heavy atom. The fourth-order valence-electron chi connectivity index (χ4n) is 5.61. The van der Waals surface area contributed by atoms with Crippen molar-refractivity contribution in [2.45, 2.75) is 45.6 Å². The van der Waals surface area contributed by atoms with Gasteiger partial charge in [-0.2, -0.15) is 15.0 Å². The summed E-state index contributed by atoms with van der Waals surface area (Å²) in [5.41, 5.74) is 1.87. The van der Waals surface area contributed by atoms with Crippen molar-refractivity contribution < 1.29 is 4.79 Å². The molecule has 1 aliphatic carbocycles. The Morgan fingerprint density at radius 3 is 2.57 bits per heavy atom. The van der Waals surface area contributed by atoms with E-state index in [0.717, 1.165) is 91.9 Å². The highest BCUT2D eigenvalue weighted by molar-refractivity contribution is 7.18. The third-order valence-corrected chi connectivity index (χ3v) is 8.67. The highest BCUT2D eigenvalue weighted by Gasteiger charge is 2.32. The van der Waals surface area contributed by atoms with Gasteiger partial charge >= 0.3 is 0 Å². The van der Waals surface area contributed by atoms with Gasteiger partial charge < -0.3 is 9.80 Å². The second kappa shape index (κ2) is 9.53. The molecule has 1 saturated heterocycles. The van der Waals surface area contributed by atoms with E-state index in [9.17, 15) is 4.79 Å². The van der Waals surface area contributed by atoms with Crippen LogP contribution in [0.1, 0.15) is 37.5 Å². The first-order valence-electron chi connectivity index (χ1n) is 12.7. The molecule has 0 radical (unpaired) electrons. The SMILES string of the molecule is CCc1cc2c(N3CCN(C(=O)C4CCCC(Cn5nc6ccccc6n5)C4)CC3)ncnc2s1. The lowest BCUT2D eigenvalue weighted by atomic mass is 9.80. The van der Waals surface area contributed by atoms with Crippen LogP contribution in [0.4, 0.5) is 5.82 Å². The van der Waals surface area contributed by atoms with Crippen LogP contribution in [0.5, 0.6) is 0 Å². The maximum absolute atomic E-state index is 13.4. The molecular formula is C26H31N7OS. The zero-order chi connectivity index (χ0) is 23.8. The van der Waals surface area contributed by atoms with E-state index in [2.05, 4.69) is 43.0 Å². The van der Waals surface area contributed by atoms with E-state index < -0.39 is 0 Å². The van der Waals surface area contributed by atoms with Crippen molar-refractivity contribution >= 4 is 44.3 Å². The first-order valence-corrected chi connectivity index (χ1v) is 13.6. The molecule has 8 nitrogen and oxygen atoms in total. The number of amides is 1. The van der Waals surface area contributed by atoms with Gasteiger partial charge in [-0.05, 0) is 49.8 Å². The van der Waals surface area contributed by atoms with Crippen LogP contribution in [0.2, 0.25) is 0 Å². The van der Waals surface area contributed by atoms with Crippen molar-refractivity contribution in [1.82, 2.24) is 29.9 Å². The Labute approximate surface area is 209 Å². The van der Waals surface area contributed by atoms with Gasteiger partial charge in [0.25, 0.3) is 0 Å². The van der Waals surface area contributed by atoms with Crippen molar-refractivity contribution in [3.05, 3.63) is 41.5 Å².